The molecule has 3 aromatic carbocycles. The van der Waals surface area contributed by atoms with Crippen LogP contribution in [0.4, 0.5) is 0 Å². The zero-order valence-electron chi connectivity index (χ0n) is 20.5. The van der Waals surface area contributed by atoms with E-state index in [0.29, 0.717) is 35.8 Å². The lowest BCUT2D eigenvalue weighted by atomic mass is 10.1. The monoisotopic (exact) mass is 492 g/mol. The number of nitrogens with two attached hydrogens (primary N) is 2. The molecule has 0 heterocycles. The fourth-order valence-corrected chi connectivity index (χ4v) is 3.44. The van der Waals surface area contributed by atoms with Crippen LogP contribution in [-0.4, -0.2) is 25.2 Å². The lowest BCUT2D eigenvalue weighted by Crippen LogP contribution is -2.23. The van der Waals surface area contributed by atoms with Crippen molar-refractivity contribution in [2.24, 2.45) is 11.5 Å². The number of hydrogen-bond acceptors (Lipinski definition) is 8. The van der Waals surface area contributed by atoms with E-state index in [1.54, 1.807) is 62.4 Å². The zero-order valence-corrected chi connectivity index (χ0v) is 20.5. The molecule has 0 aliphatic heterocycles. The second-order valence-electron chi connectivity index (χ2n) is 7.94. The van der Waals surface area contributed by atoms with E-state index in [2.05, 4.69) is 0 Å². The van der Waals surface area contributed by atoms with Crippen LogP contribution in [-0.2, 0) is 32.3 Å². The molecule has 4 N–H and O–H groups in total. The number of rotatable bonds is 12. The molecule has 0 saturated carbocycles. The molecule has 0 saturated heterocycles. The number of carbonyl (C=O) groups is 2. The summed E-state index contributed by atoms with van der Waals surface area (Å²) in [5.74, 6) is 0.381. The molecule has 190 valence electrons. The summed E-state index contributed by atoms with van der Waals surface area (Å²) < 4.78 is 21.8. The Hall–Kier alpha value is -3.88. The third-order valence-corrected chi connectivity index (χ3v) is 5.47. The molecule has 0 aromatic heterocycles. The van der Waals surface area contributed by atoms with Crippen LogP contribution in [0.25, 0.3) is 0 Å². The highest BCUT2D eigenvalue weighted by atomic mass is 16.5. The second kappa shape index (κ2) is 13.3. The minimum atomic E-state index is -0.827. The lowest BCUT2D eigenvalue weighted by molar-refractivity contribution is -0.145. The number of ether oxygens (including phenoxy) is 4. The molecular weight excluding hydrogens is 460 g/mol. The van der Waals surface area contributed by atoms with E-state index in [0.717, 1.165) is 11.1 Å². The highest BCUT2D eigenvalue weighted by molar-refractivity contribution is 5.77. The molecule has 0 radical (unpaired) electrons. The molecule has 0 aliphatic carbocycles. The van der Waals surface area contributed by atoms with Gasteiger partial charge in [0.1, 0.15) is 36.8 Å². The largest absolute Gasteiger partial charge is 0.489 e. The number of benzene rings is 3. The van der Waals surface area contributed by atoms with Crippen LogP contribution in [0.1, 0.15) is 48.2 Å². The smallest absolute Gasteiger partial charge is 0.327 e. The van der Waals surface area contributed by atoms with Crippen molar-refractivity contribution in [1.29, 1.82) is 0 Å². The summed E-state index contributed by atoms with van der Waals surface area (Å²) in [4.78, 5) is 23.6. The minimum absolute atomic E-state index is 0.284. The first kappa shape index (κ1) is 26.7. The number of carbonyl (C=O) groups excluding carboxylic acids is 2. The molecule has 0 bridgehead atoms. The summed E-state index contributed by atoms with van der Waals surface area (Å²) in [6.07, 6.45) is 0. The van der Waals surface area contributed by atoms with Crippen molar-refractivity contribution >= 4 is 11.9 Å². The Morgan fingerprint density at radius 1 is 0.639 bits per heavy atom. The maximum Gasteiger partial charge on any atom is 0.327 e. The molecule has 0 unspecified atom stereocenters. The van der Waals surface area contributed by atoms with Crippen LogP contribution in [0, 0.1) is 0 Å². The van der Waals surface area contributed by atoms with E-state index in [-0.39, 0.29) is 13.2 Å². The zero-order chi connectivity index (χ0) is 25.9. The van der Waals surface area contributed by atoms with Gasteiger partial charge in [0.05, 0.1) is 13.2 Å². The Morgan fingerprint density at radius 2 is 1.00 bits per heavy atom. The molecule has 0 amide bonds. The standard InChI is InChI=1S/C28H32N2O6/c1-3-33-27(31)25(29)19-9-13-23(14-10-19)35-17-21-7-5-6-8-22(21)18-36-24-15-11-20(12-16-24)26(30)28(32)34-4-2/h5-16,25-26H,3-4,17-18,29-30H2,1-2H3/t25-,26-/m1/s1. The second-order valence-corrected chi connectivity index (χ2v) is 7.94. The summed E-state index contributed by atoms with van der Waals surface area (Å²) in [6.45, 7) is 4.74. The van der Waals surface area contributed by atoms with Crippen LogP contribution in [0.5, 0.6) is 11.5 Å². The lowest BCUT2D eigenvalue weighted by Gasteiger charge is -2.14. The average molecular weight is 493 g/mol. The van der Waals surface area contributed by atoms with E-state index in [9.17, 15) is 9.59 Å². The Labute approximate surface area is 211 Å². The van der Waals surface area contributed by atoms with Crippen molar-refractivity contribution in [3.8, 4) is 11.5 Å². The fraction of sp³-hybridized carbons (Fsp3) is 0.286. The molecule has 0 spiro atoms. The van der Waals surface area contributed by atoms with Gasteiger partial charge in [0.15, 0.2) is 0 Å². The highest BCUT2D eigenvalue weighted by Crippen LogP contribution is 2.22. The third kappa shape index (κ3) is 7.31. The van der Waals surface area contributed by atoms with E-state index in [1.165, 1.54) is 0 Å². The summed E-state index contributed by atoms with van der Waals surface area (Å²) >= 11 is 0. The first-order chi connectivity index (χ1) is 17.4. The van der Waals surface area contributed by atoms with Crippen molar-refractivity contribution in [1.82, 2.24) is 0 Å². The number of esters is 2. The van der Waals surface area contributed by atoms with Crippen molar-refractivity contribution < 1.29 is 28.5 Å². The Morgan fingerprint density at radius 3 is 1.33 bits per heavy atom. The van der Waals surface area contributed by atoms with Gasteiger partial charge in [0.2, 0.25) is 0 Å². The summed E-state index contributed by atoms with van der Waals surface area (Å²) in [5, 5.41) is 0. The van der Waals surface area contributed by atoms with Crippen LogP contribution < -0.4 is 20.9 Å². The first-order valence-electron chi connectivity index (χ1n) is 11.8. The molecule has 0 fully saturated rings. The molecule has 36 heavy (non-hydrogen) atoms. The summed E-state index contributed by atoms with van der Waals surface area (Å²) in [5.41, 5.74) is 15.1. The Balaban J connectivity index is 1.57. The van der Waals surface area contributed by atoms with E-state index in [1.807, 2.05) is 24.3 Å². The maximum absolute atomic E-state index is 11.8. The molecule has 8 nitrogen and oxygen atoms in total. The van der Waals surface area contributed by atoms with Crippen molar-refractivity contribution in [2.45, 2.75) is 39.1 Å². The molecule has 8 heteroatoms. The van der Waals surface area contributed by atoms with Gasteiger partial charge in [-0.1, -0.05) is 48.5 Å². The summed E-state index contributed by atoms with van der Waals surface area (Å²) in [6, 6.07) is 20.3. The van der Waals surface area contributed by atoms with Gasteiger partial charge in [0, 0.05) is 0 Å². The van der Waals surface area contributed by atoms with Crippen LogP contribution in [0.15, 0.2) is 72.8 Å². The van der Waals surface area contributed by atoms with Gasteiger partial charge >= 0.3 is 11.9 Å². The molecule has 3 aromatic rings. The molecule has 0 aliphatic rings. The van der Waals surface area contributed by atoms with Gasteiger partial charge in [0.25, 0.3) is 0 Å². The van der Waals surface area contributed by atoms with Crippen LogP contribution >= 0.6 is 0 Å². The fourth-order valence-electron chi connectivity index (χ4n) is 3.44. The molecule has 3 rings (SSSR count). The Kier molecular flexibility index (Phi) is 9.85. The molecular formula is C28H32N2O6. The number of hydrogen-bond donors (Lipinski definition) is 2. The third-order valence-electron chi connectivity index (χ3n) is 5.47. The van der Waals surface area contributed by atoms with E-state index in [4.69, 9.17) is 30.4 Å². The van der Waals surface area contributed by atoms with Crippen molar-refractivity contribution in [3.05, 3.63) is 95.1 Å². The quantitative estimate of drug-likeness (QED) is 0.364. The SMILES string of the molecule is CCOC(=O)[C@H](N)c1ccc(OCc2ccccc2COc2ccc([C@@H](N)C(=O)OCC)cc2)cc1. The molecule has 2 atom stereocenters. The van der Waals surface area contributed by atoms with Gasteiger partial charge in [-0.3, -0.25) is 0 Å². The Bertz CT molecular complexity index is 1040. The van der Waals surface area contributed by atoms with E-state index < -0.39 is 24.0 Å². The minimum Gasteiger partial charge on any atom is -0.489 e. The predicted octanol–water partition coefficient (Wildman–Crippen LogP) is 3.97. The van der Waals surface area contributed by atoms with Crippen LogP contribution in [0.3, 0.4) is 0 Å². The maximum atomic E-state index is 11.8. The van der Waals surface area contributed by atoms with Gasteiger partial charge in [-0.25, -0.2) is 9.59 Å². The van der Waals surface area contributed by atoms with Crippen molar-refractivity contribution in [3.63, 3.8) is 0 Å². The highest BCUT2D eigenvalue weighted by Gasteiger charge is 2.18. The van der Waals surface area contributed by atoms with E-state index >= 15 is 0 Å². The van der Waals surface area contributed by atoms with Gasteiger partial charge < -0.3 is 30.4 Å². The van der Waals surface area contributed by atoms with Gasteiger partial charge in [-0.05, 0) is 60.4 Å². The van der Waals surface area contributed by atoms with Gasteiger partial charge in [-0.15, -0.1) is 0 Å². The normalized spacial score (nSPS) is 12.3. The topological polar surface area (TPSA) is 123 Å². The summed E-state index contributed by atoms with van der Waals surface area (Å²) in [7, 11) is 0. The van der Waals surface area contributed by atoms with Crippen LogP contribution in [0.2, 0.25) is 0 Å². The predicted molar refractivity (Wildman–Crippen MR) is 135 cm³/mol. The average Bonchev–Trinajstić information content (AvgIpc) is 2.91. The first-order valence-corrected chi connectivity index (χ1v) is 11.8. The van der Waals surface area contributed by atoms with Crippen molar-refractivity contribution in [2.75, 3.05) is 13.2 Å². The van der Waals surface area contributed by atoms with Gasteiger partial charge in [-0.2, -0.15) is 0 Å².